The predicted molar refractivity (Wildman–Crippen MR) is 75.0 cm³/mol. The van der Waals surface area contributed by atoms with Crippen LogP contribution in [0.3, 0.4) is 0 Å². The van der Waals surface area contributed by atoms with Crippen molar-refractivity contribution in [2.24, 2.45) is 0 Å². The molecule has 0 saturated heterocycles. The first-order valence-corrected chi connectivity index (χ1v) is 6.63. The van der Waals surface area contributed by atoms with Crippen LogP contribution in [0.4, 0.5) is 0 Å². The Morgan fingerprint density at radius 2 is 1.89 bits per heavy atom. The number of ether oxygens (including phenoxy) is 1. The van der Waals surface area contributed by atoms with Crippen LogP contribution in [-0.4, -0.2) is 22.9 Å². The van der Waals surface area contributed by atoms with Gasteiger partial charge in [-0.05, 0) is 18.6 Å². The maximum absolute atomic E-state index is 10.6. The van der Waals surface area contributed by atoms with Crippen LogP contribution in [0, 0.1) is 0 Å². The Morgan fingerprint density at radius 3 is 2.32 bits per heavy atom. The fraction of sp³-hybridized carbons (Fsp3) is 0.429. The van der Waals surface area contributed by atoms with E-state index in [-0.39, 0.29) is 11.3 Å². The molecule has 1 aromatic rings. The summed E-state index contributed by atoms with van der Waals surface area (Å²) in [6.07, 6.45) is 3.73. The average Bonchev–Trinajstić information content (AvgIpc) is 2.36. The summed E-state index contributed by atoms with van der Waals surface area (Å²) in [7, 11) is 0. The number of alkyl halides is 1. The van der Waals surface area contributed by atoms with Gasteiger partial charge in [-0.1, -0.05) is 31.9 Å². The number of carbonyl (C=O) groups is 2. The van der Waals surface area contributed by atoms with Gasteiger partial charge in [-0.25, -0.2) is 4.79 Å². The van der Waals surface area contributed by atoms with Crippen LogP contribution in [0.25, 0.3) is 0 Å². The fourth-order valence-electron chi connectivity index (χ4n) is 1.23. The van der Waals surface area contributed by atoms with Crippen LogP contribution in [0.5, 0.6) is 5.75 Å². The van der Waals surface area contributed by atoms with E-state index in [0.717, 1.165) is 5.88 Å². The van der Waals surface area contributed by atoms with Crippen molar-refractivity contribution in [3.05, 3.63) is 29.8 Å². The summed E-state index contributed by atoms with van der Waals surface area (Å²) in [5.74, 6) is -0.749. The summed E-state index contributed by atoms with van der Waals surface area (Å²) in [6.45, 7) is 3.39. The lowest BCUT2D eigenvalue weighted by Crippen LogP contribution is -2.06. The predicted octanol–water partition coefficient (Wildman–Crippen LogP) is 3.73. The first-order valence-electron chi connectivity index (χ1n) is 6.09. The SMILES string of the molecule is CC(=O)Oc1ccccc1C(=O)O.CCCCCCl. The highest BCUT2D eigenvalue weighted by atomic mass is 35.5. The minimum atomic E-state index is -1.11. The summed E-state index contributed by atoms with van der Waals surface area (Å²) >= 11 is 5.38. The molecule has 0 radical (unpaired) electrons. The van der Waals surface area contributed by atoms with Gasteiger partial charge in [0.25, 0.3) is 0 Å². The molecule has 0 heterocycles. The second-order valence-electron chi connectivity index (χ2n) is 3.79. The molecule has 1 aromatic carbocycles. The van der Waals surface area contributed by atoms with E-state index in [1.54, 1.807) is 12.1 Å². The molecule has 1 rings (SSSR count). The Balaban J connectivity index is 0.000000459. The van der Waals surface area contributed by atoms with Crippen molar-refractivity contribution in [1.29, 1.82) is 0 Å². The third kappa shape index (κ3) is 8.21. The maximum atomic E-state index is 10.6. The molecule has 4 nitrogen and oxygen atoms in total. The van der Waals surface area contributed by atoms with Crippen LogP contribution < -0.4 is 4.74 Å². The van der Waals surface area contributed by atoms with E-state index >= 15 is 0 Å². The second kappa shape index (κ2) is 10.4. The van der Waals surface area contributed by atoms with Crippen molar-refractivity contribution in [3.8, 4) is 5.75 Å². The molecule has 0 fully saturated rings. The lowest BCUT2D eigenvalue weighted by molar-refractivity contribution is -0.131. The Bertz CT molecular complexity index is 400. The number of carboxylic acid groups (broad SMARTS) is 1. The van der Waals surface area contributed by atoms with Gasteiger partial charge >= 0.3 is 11.9 Å². The Morgan fingerprint density at radius 1 is 1.26 bits per heavy atom. The minimum Gasteiger partial charge on any atom is -0.478 e. The van der Waals surface area contributed by atoms with Gasteiger partial charge in [0.2, 0.25) is 0 Å². The van der Waals surface area contributed by atoms with Gasteiger partial charge in [0.15, 0.2) is 0 Å². The molecule has 5 heteroatoms. The van der Waals surface area contributed by atoms with Crippen molar-refractivity contribution >= 4 is 23.5 Å². The highest BCUT2D eigenvalue weighted by molar-refractivity contribution is 6.17. The Kier molecular flexibility index (Phi) is 9.53. The van der Waals surface area contributed by atoms with Gasteiger partial charge in [-0.2, -0.15) is 0 Å². The number of benzene rings is 1. The molecule has 0 aliphatic heterocycles. The van der Waals surface area contributed by atoms with Crippen LogP contribution in [0.15, 0.2) is 24.3 Å². The molecule has 0 aliphatic carbocycles. The number of rotatable bonds is 5. The second-order valence-corrected chi connectivity index (χ2v) is 4.17. The van der Waals surface area contributed by atoms with E-state index in [4.69, 9.17) is 16.7 Å². The van der Waals surface area contributed by atoms with Crippen LogP contribution in [0.2, 0.25) is 0 Å². The zero-order valence-corrected chi connectivity index (χ0v) is 11.9. The number of aromatic carboxylic acids is 1. The molecule has 106 valence electrons. The quantitative estimate of drug-likeness (QED) is 0.388. The standard InChI is InChI=1S/C9H8O4.C5H11Cl/c1-6(10)13-8-5-3-2-4-7(8)9(11)12;1-2-3-4-5-6/h2-5H,1H3,(H,11,12);2-5H2,1H3. The molecule has 0 spiro atoms. The van der Waals surface area contributed by atoms with E-state index < -0.39 is 11.9 Å². The normalized spacial score (nSPS) is 9.21. The van der Waals surface area contributed by atoms with Crippen molar-refractivity contribution in [3.63, 3.8) is 0 Å². The number of para-hydroxylation sites is 1. The monoisotopic (exact) mass is 286 g/mol. The Labute approximate surface area is 118 Å². The van der Waals surface area contributed by atoms with Crippen LogP contribution in [-0.2, 0) is 4.79 Å². The van der Waals surface area contributed by atoms with E-state index in [1.165, 1.54) is 38.3 Å². The summed E-state index contributed by atoms with van der Waals surface area (Å²) in [4.78, 5) is 21.2. The minimum absolute atomic E-state index is 0.0160. The molecule has 0 aliphatic rings. The molecule has 0 atom stereocenters. The molecule has 0 saturated carbocycles. The number of carboxylic acids is 1. The summed E-state index contributed by atoms with van der Waals surface area (Å²) < 4.78 is 4.69. The van der Waals surface area contributed by atoms with Crippen molar-refractivity contribution < 1.29 is 19.4 Å². The lowest BCUT2D eigenvalue weighted by Gasteiger charge is -2.03. The van der Waals surface area contributed by atoms with Crippen LogP contribution >= 0.6 is 11.6 Å². The zero-order valence-electron chi connectivity index (χ0n) is 11.2. The number of hydrogen-bond donors (Lipinski definition) is 1. The van der Waals surface area contributed by atoms with E-state index in [2.05, 4.69) is 11.7 Å². The molecule has 1 N–H and O–H groups in total. The molecule has 0 aromatic heterocycles. The van der Waals surface area contributed by atoms with E-state index in [9.17, 15) is 9.59 Å². The largest absolute Gasteiger partial charge is 0.478 e. The highest BCUT2D eigenvalue weighted by Crippen LogP contribution is 2.17. The number of hydrogen-bond acceptors (Lipinski definition) is 3. The van der Waals surface area contributed by atoms with Crippen LogP contribution in [0.1, 0.15) is 43.5 Å². The third-order valence-electron chi connectivity index (χ3n) is 2.11. The summed E-state index contributed by atoms with van der Waals surface area (Å²) in [5, 5.41) is 8.69. The average molecular weight is 287 g/mol. The number of esters is 1. The van der Waals surface area contributed by atoms with Gasteiger partial charge in [0.1, 0.15) is 11.3 Å². The summed E-state index contributed by atoms with van der Waals surface area (Å²) in [6, 6.07) is 5.98. The van der Waals surface area contributed by atoms with Gasteiger partial charge in [0, 0.05) is 12.8 Å². The van der Waals surface area contributed by atoms with E-state index in [1.807, 2.05) is 0 Å². The lowest BCUT2D eigenvalue weighted by atomic mass is 10.2. The number of halogens is 1. The molecule has 0 bridgehead atoms. The highest BCUT2D eigenvalue weighted by Gasteiger charge is 2.10. The molecular formula is C14H19ClO4. The topological polar surface area (TPSA) is 63.6 Å². The first kappa shape index (κ1) is 17.4. The molecular weight excluding hydrogens is 268 g/mol. The van der Waals surface area contributed by atoms with Crippen molar-refractivity contribution in [2.45, 2.75) is 33.1 Å². The van der Waals surface area contributed by atoms with E-state index in [0.29, 0.717) is 0 Å². The molecule has 0 amide bonds. The van der Waals surface area contributed by atoms with Crippen molar-refractivity contribution in [1.82, 2.24) is 0 Å². The number of carbonyl (C=O) groups excluding carboxylic acids is 1. The van der Waals surface area contributed by atoms with Gasteiger partial charge in [-0.15, -0.1) is 11.6 Å². The van der Waals surface area contributed by atoms with Gasteiger partial charge < -0.3 is 9.84 Å². The summed E-state index contributed by atoms with van der Waals surface area (Å²) in [5.41, 5.74) is -0.0160. The van der Waals surface area contributed by atoms with Gasteiger partial charge in [-0.3, -0.25) is 4.79 Å². The molecule has 19 heavy (non-hydrogen) atoms. The fourth-order valence-corrected chi connectivity index (χ4v) is 1.42. The third-order valence-corrected chi connectivity index (χ3v) is 2.38. The zero-order chi connectivity index (χ0) is 14.7. The smallest absolute Gasteiger partial charge is 0.339 e. The first-order chi connectivity index (χ1) is 9.02. The Hall–Kier alpha value is -1.55. The van der Waals surface area contributed by atoms with Gasteiger partial charge in [0.05, 0.1) is 0 Å². The number of unbranched alkanes of at least 4 members (excludes halogenated alkanes) is 2. The maximum Gasteiger partial charge on any atom is 0.339 e. The van der Waals surface area contributed by atoms with Crippen molar-refractivity contribution in [2.75, 3.05) is 5.88 Å². The molecule has 0 unspecified atom stereocenters.